The molecule has 0 aromatic heterocycles. The molecule has 1 aromatic rings. The Morgan fingerprint density at radius 3 is 2.42 bits per heavy atom. The van der Waals surface area contributed by atoms with Crippen LogP contribution in [0.1, 0.15) is 18.4 Å². The molecule has 0 spiro atoms. The van der Waals surface area contributed by atoms with Gasteiger partial charge in [0.05, 0.1) is 36.9 Å². The molecule has 1 amide bonds. The van der Waals surface area contributed by atoms with Gasteiger partial charge in [0, 0.05) is 13.1 Å². The van der Waals surface area contributed by atoms with Crippen LogP contribution in [0.5, 0.6) is 11.5 Å². The molecule has 132 valence electrons. The maximum absolute atomic E-state index is 12.0. The Kier molecular flexibility index (Phi) is 5.80. The molecule has 0 radical (unpaired) electrons. The lowest BCUT2D eigenvalue weighted by atomic mass is 10.1. The Morgan fingerprint density at radius 1 is 1.29 bits per heavy atom. The van der Waals surface area contributed by atoms with Crippen LogP contribution < -0.4 is 9.47 Å². The number of rotatable bonds is 5. The van der Waals surface area contributed by atoms with E-state index in [1.54, 1.807) is 0 Å². The fourth-order valence-electron chi connectivity index (χ4n) is 2.48. The highest BCUT2D eigenvalue weighted by Gasteiger charge is 2.24. The second-order valence-electron chi connectivity index (χ2n) is 5.37. The molecular weight excluding hydrogens is 320 g/mol. The zero-order valence-electron chi connectivity index (χ0n) is 13.6. The second-order valence-corrected chi connectivity index (χ2v) is 5.37. The summed E-state index contributed by atoms with van der Waals surface area (Å²) in [5.41, 5.74) is -0.00226. The van der Waals surface area contributed by atoms with Gasteiger partial charge in [-0.3, -0.25) is 10.1 Å². The number of aliphatic hydroxyl groups excluding tert-OH is 1. The molecule has 1 fully saturated rings. The Hall–Kier alpha value is -2.55. The average molecular weight is 340 g/mol. The predicted molar refractivity (Wildman–Crippen MR) is 83.2 cm³/mol. The number of carbonyl (C=O) groups is 1. The first-order valence-electron chi connectivity index (χ1n) is 7.45. The maximum Gasteiger partial charge on any atom is 0.410 e. The van der Waals surface area contributed by atoms with Crippen LogP contribution in [0, 0.1) is 10.1 Å². The van der Waals surface area contributed by atoms with Crippen molar-refractivity contribution in [2.45, 2.75) is 25.6 Å². The Bertz CT molecular complexity index is 612. The largest absolute Gasteiger partial charge is 0.493 e. The van der Waals surface area contributed by atoms with Crippen molar-refractivity contribution in [2.75, 3.05) is 27.3 Å². The zero-order chi connectivity index (χ0) is 17.7. The molecule has 9 heteroatoms. The molecule has 1 N–H and O–H groups in total. The van der Waals surface area contributed by atoms with Gasteiger partial charge in [-0.05, 0) is 18.9 Å². The third-order valence-electron chi connectivity index (χ3n) is 3.86. The van der Waals surface area contributed by atoms with E-state index < -0.39 is 17.1 Å². The van der Waals surface area contributed by atoms with E-state index in [-0.39, 0.29) is 23.6 Å². The average Bonchev–Trinajstić information content (AvgIpc) is 2.59. The minimum Gasteiger partial charge on any atom is -0.493 e. The van der Waals surface area contributed by atoms with Gasteiger partial charge in [-0.15, -0.1) is 0 Å². The number of benzene rings is 1. The van der Waals surface area contributed by atoms with Gasteiger partial charge in [0.2, 0.25) is 0 Å². The van der Waals surface area contributed by atoms with Crippen LogP contribution in [0.4, 0.5) is 10.5 Å². The highest BCUT2D eigenvalue weighted by Crippen LogP contribution is 2.34. The van der Waals surface area contributed by atoms with Gasteiger partial charge in [0.25, 0.3) is 5.69 Å². The number of ether oxygens (including phenoxy) is 3. The first-order chi connectivity index (χ1) is 11.5. The van der Waals surface area contributed by atoms with Crippen LogP contribution >= 0.6 is 0 Å². The molecule has 1 saturated heterocycles. The molecule has 0 aliphatic carbocycles. The number of piperidine rings is 1. The topological polar surface area (TPSA) is 111 Å². The molecule has 1 heterocycles. The minimum atomic E-state index is -0.567. The van der Waals surface area contributed by atoms with Crippen molar-refractivity contribution in [3.05, 3.63) is 27.8 Å². The minimum absolute atomic E-state index is 0.211. The molecule has 0 bridgehead atoms. The molecule has 2 rings (SSSR count). The normalized spacial score (nSPS) is 15.0. The number of methoxy groups -OCH3 is 2. The number of nitro benzene ring substituents is 1. The van der Waals surface area contributed by atoms with E-state index in [0.29, 0.717) is 31.7 Å². The predicted octanol–water partition coefficient (Wildman–Crippen LogP) is 1.71. The number of aliphatic hydroxyl groups is 1. The van der Waals surface area contributed by atoms with E-state index in [4.69, 9.17) is 14.2 Å². The van der Waals surface area contributed by atoms with Crippen molar-refractivity contribution in [3.8, 4) is 11.5 Å². The standard InChI is InChI=1S/C15H20N2O7/c1-22-13-7-10(12(17(20)21)8-14(13)23-2)9-24-15(19)16-5-3-11(18)4-6-16/h7-8,11,18H,3-6,9H2,1-2H3. The summed E-state index contributed by atoms with van der Waals surface area (Å²) >= 11 is 0. The lowest BCUT2D eigenvalue weighted by molar-refractivity contribution is -0.385. The summed E-state index contributed by atoms with van der Waals surface area (Å²) in [6.07, 6.45) is 0.0176. The number of nitro groups is 1. The summed E-state index contributed by atoms with van der Waals surface area (Å²) in [5, 5.41) is 20.6. The van der Waals surface area contributed by atoms with Crippen molar-refractivity contribution in [1.29, 1.82) is 0 Å². The summed E-state index contributed by atoms with van der Waals surface area (Å²) in [6.45, 7) is 0.538. The second kappa shape index (κ2) is 7.82. The van der Waals surface area contributed by atoms with E-state index in [1.807, 2.05) is 0 Å². The van der Waals surface area contributed by atoms with Gasteiger partial charge < -0.3 is 24.2 Å². The smallest absolute Gasteiger partial charge is 0.410 e. The van der Waals surface area contributed by atoms with Crippen LogP contribution in [0.2, 0.25) is 0 Å². The lowest BCUT2D eigenvalue weighted by Gasteiger charge is -2.28. The maximum atomic E-state index is 12.0. The number of hydrogen-bond acceptors (Lipinski definition) is 7. The van der Waals surface area contributed by atoms with Gasteiger partial charge in [0.1, 0.15) is 6.61 Å². The monoisotopic (exact) mass is 340 g/mol. The van der Waals surface area contributed by atoms with Gasteiger partial charge in [-0.1, -0.05) is 0 Å². The lowest BCUT2D eigenvalue weighted by Crippen LogP contribution is -2.40. The molecule has 9 nitrogen and oxygen atoms in total. The van der Waals surface area contributed by atoms with Crippen molar-refractivity contribution in [1.82, 2.24) is 4.90 Å². The van der Waals surface area contributed by atoms with E-state index in [1.165, 1.54) is 31.3 Å². The van der Waals surface area contributed by atoms with Crippen molar-refractivity contribution in [2.24, 2.45) is 0 Å². The van der Waals surface area contributed by atoms with Crippen LogP contribution in [0.3, 0.4) is 0 Å². The number of likely N-dealkylation sites (tertiary alicyclic amines) is 1. The summed E-state index contributed by atoms with van der Waals surface area (Å²) in [7, 11) is 2.80. The fourth-order valence-corrected chi connectivity index (χ4v) is 2.48. The Balaban J connectivity index is 2.10. The van der Waals surface area contributed by atoms with E-state index in [2.05, 4.69) is 0 Å². The number of carbonyl (C=O) groups excluding carboxylic acids is 1. The highest BCUT2D eigenvalue weighted by molar-refractivity contribution is 5.68. The summed E-state index contributed by atoms with van der Waals surface area (Å²) < 4.78 is 15.3. The van der Waals surface area contributed by atoms with Crippen molar-refractivity contribution >= 4 is 11.8 Å². The third-order valence-corrected chi connectivity index (χ3v) is 3.86. The summed E-state index contributed by atoms with van der Waals surface area (Å²) in [4.78, 5) is 24.1. The molecule has 0 atom stereocenters. The van der Waals surface area contributed by atoms with Gasteiger partial charge in [0.15, 0.2) is 11.5 Å². The first-order valence-corrected chi connectivity index (χ1v) is 7.45. The van der Waals surface area contributed by atoms with E-state index >= 15 is 0 Å². The summed E-state index contributed by atoms with van der Waals surface area (Å²) in [6, 6.07) is 2.66. The SMILES string of the molecule is COc1cc(COC(=O)N2CCC(O)CC2)c([N+](=O)[O-])cc1OC. The molecule has 0 unspecified atom stereocenters. The number of amides is 1. The quantitative estimate of drug-likeness (QED) is 0.641. The number of nitrogens with zero attached hydrogens (tertiary/aromatic N) is 2. The van der Waals surface area contributed by atoms with Crippen molar-refractivity contribution < 1.29 is 29.0 Å². The molecule has 1 aliphatic rings. The van der Waals surface area contributed by atoms with E-state index in [9.17, 15) is 20.0 Å². The summed E-state index contributed by atoms with van der Waals surface area (Å²) in [5.74, 6) is 0.541. The van der Waals surface area contributed by atoms with Crippen LogP contribution in [-0.2, 0) is 11.3 Å². The molecule has 1 aromatic carbocycles. The fraction of sp³-hybridized carbons (Fsp3) is 0.533. The molecule has 24 heavy (non-hydrogen) atoms. The Labute approximate surface area is 138 Å². The number of hydrogen-bond donors (Lipinski definition) is 1. The molecule has 0 saturated carbocycles. The van der Waals surface area contributed by atoms with Gasteiger partial charge in [-0.2, -0.15) is 0 Å². The third kappa shape index (κ3) is 4.05. The first kappa shape index (κ1) is 17.8. The highest BCUT2D eigenvalue weighted by atomic mass is 16.6. The van der Waals surface area contributed by atoms with Crippen molar-refractivity contribution in [3.63, 3.8) is 0 Å². The molecular formula is C15H20N2O7. The van der Waals surface area contributed by atoms with Gasteiger partial charge >= 0.3 is 6.09 Å². The van der Waals surface area contributed by atoms with E-state index in [0.717, 1.165) is 0 Å². The van der Waals surface area contributed by atoms with Crippen LogP contribution in [0.15, 0.2) is 12.1 Å². The van der Waals surface area contributed by atoms with Gasteiger partial charge in [-0.25, -0.2) is 4.79 Å². The van der Waals surface area contributed by atoms with Crippen LogP contribution in [-0.4, -0.2) is 54.4 Å². The Morgan fingerprint density at radius 2 is 1.88 bits per heavy atom. The van der Waals surface area contributed by atoms with Crippen LogP contribution in [0.25, 0.3) is 0 Å². The molecule has 1 aliphatic heterocycles. The zero-order valence-corrected chi connectivity index (χ0v) is 13.6.